The Bertz CT molecular complexity index is 594. The van der Waals surface area contributed by atoms with Crippen LogP contribution in [0.15, 0.2) is 30.3 Å². The number of carbonyl (C=O) groups is 1. The molecule has 3 aliphatic rings. The van der Waals surface area contributed by atoms with Gasteiger partial charge in [0.05, 0.1) is 6.17 Å². The number of hydrogen-bond donors (Lipinski definition) is 2. The SMILES string of the molecule is O=CNC1C(c2cc3ccccc3[nH]2)C2CCN1CC2. The first kappa shape index (κ1) is 12.0. The summed E-state index contributed by atoms with van der Waals surface area (Å²) in [6, 6.07) is 10.6. The molecule has 3 fully saturated rings. The van der Waals surface area contributed by atoms with Crippen molar-refractivity contribution in [3.05, 3.63) is 36.0 Å². The molecular formula is C16H19N3O. The Morgan fingerprint density at radius 1 is 1.25 bits per heavy atom. The highest BCUT2D eigenvalue weighted by molar-refractivity contribution is 5.80. The molecule has 20 heavy (non-hydrogen) atoms. The van der Waals surface area contributed by atoms with Crippen molar-refractivity contribution in [1.82, 2.24) is 15.2 Å². The number of hydrogen-bond acceptors (Lipinski definition) is 2. The maximum atomic E-state index is 11.0. The molecule has 4 heterocycles. The number of aromatic nitrogens is 1. The Morgan fingerprint density at radius 2 is 2.05 bits per heavy atom. The van der Waals surface area contributed by atoms with Gasteiger partial charge in [-0.1, -0.05) is 18.2 Å². The topological polar surface area (TPSA) is 48.1 Å². The van der Waals surface area contributed by atoms with E-state index in [9.17, 15) is 4.79 Å². The number of nitrogens with zero attached hydrogens (tertiary/aromatic N) is 1. The van der Waals surface area contributed by atoms with E-state index in [2.05, 4.69) is 45.5 Å². The standard InChI is InChI=1S/C16H19N3O/c20-10-17-16-15(11-5-7-19(16)8-6-11)14-9-12-3-1-2-4-13(12)18-14/h1-4,9-11,15-16,18H,5-8H2,(H,17,20). The summed E-state index contributed by atoms with van der Waals surface area (Å²) in [7, 11) is 0. The molecule has 0 radical (unpaired) electrons. The fourth-order valence-corrected chi connectivity index (χ4v) is 4.02. The zero-order chi connectivity index (χ0) is 13.5. The predicted octanol–water partition coefficient (Wildman–Crippen LogP) is 2.05. The highest BCUT2D eigenvalue weighted by atomic mass is 16.1. The molecule has 5 rings (SSSR count). The summed E-state index contributed by atoms with van der Waals surface area (Å²) in [5.74, 6) is 1.06. The second-order valence-electron chi connectivity index (χ2n) is 5.94. The van der Waals surface area contributed by atoms with E-state index in [-0.39, 0.29) is 6.17 Å². The first-order valence-corrected chi connectivity index (χ1v) is 7.38. The third kappa shape index (κ3) is 1.75. The number of para-hydroxylation sites is 1. The summed E-state index contributed by atoms with van der Waals surface area (Å²) >= 11 is 0. The first-order chi connectivity index (χ1) is 9.86. The van der Waals surface area contributed by atoms with Gasteiger partial charge in [0.1, 0.15) is 0 Å². The molecule has 1 amide bonds. The second-order valence-corrected chi connectivity index (χ2v) is 5.94. The molecular weight excluding hydrogens is 250 g/mol. The van der Waals surface area contributed by atoms with E-state index >= 15 is 0 Å². The van der Waals surface area contributed by atoms with E-state index in [1.807, 2.05) is 0 Å². The van der Waals surface area contributed by atoms with E-state index < -0.39 is 0 Å². The highest BCUT2D eigenvalue weighted by Crippen LogP contribution is 2.42. The largest absolute Gasteiger partial charge is 0.358 e. The van der Waals surface area contributed by atoms with Gasteiger partial charge in [0, 0.05) is 30.2 Å². The van der Waals surface area contributed by atoms with E-state index in [0.717, 1.165) is 19.5 Å². The molecule has 3 aliphatic heterocycles. The molecule has 0 saturated carbocycles. The molecule has 2 aromatic rings. The first-order valence-electron chi connectivity index (χ1n) is 7.38. The summed E-state index contributed by atoms with van der Waals surface area (Å²) in [6.07, 6.45) is 3.46. The van der Waals surface area contributed by atoms with Crippen molar-refractivity contribution in [1.29, 1.82) is 0 Å². The normalized spacial score (nSPS) is 32.4. The Kier molecular flexibility index (Phi) is 2.77. The lowest BCUT2D eigenvalue weighted by molar-refractivity contribution is -0.113. The lowest BCUT2D eigenvalue weighted by Crippen LogP contribution is -2.59. The van der Waals surface area contributed by atoms with Crippen LogP contribution in [0.1, 0.15) is 24.5 Å². The number of carbonyl (C=O) groups excluding carboxylic acids is 1. The van der Waals surface area contributed by atoms with Crippen molar-refractivity contribution < 1.29 is 4.79 Å². The van der Waals surface area contributed by atoms with Gasteiger partial charge in [0.2, 0.25) is 6.41 Å². The van der Waals surface area contributed by atoms with Gasteiger partial charge in [-0.15, -0.1) is 0 Å². The fourth-order valence-electron chi connectivity index (χ4n) is 4.02. The van der Waals surface area contributed by atoms with Crippen LogP contribution in [0.25, 0.3) is 10.9 Å². The molecule has 2 unspecified atom stereocenters. The molecule has 2 N–H and O–H groups in total. The minimum atomic E-state index is 0.146. The molecule has 0 aliphatic carbocycles. The van der Waals surface area contributed by atoms with Crippen LogP contribution >= 0.6 is 0 Å². The Labute approximate surface area is 118 Å². The zero-order valence-corrected chi connectivity index (χ0v) is 11.4. The van der Waals surface area contributed by atoms with Crippen LogP contribution in [-0.2, 0) is 4.79 Å². The molecule has 1 aromatic carbocycles. The third-order valence-electron chi connectivity index (χ3n) is 4.96. The smallest absolute Gasteiger partial charge is 0.208 e. The van der Waals surface area contributed by atoms with Gasteiger partial charge < -0.3 is 10.3 Å². The minimum Gasteiger partial charge on any atom is -0.358 e. The predicted molar refractivity (Wildman–Crippen MR) is 78.3 cm³/mol. The van der Waals surface area contributed by atoms with Gasteiger partial charge in [-0.05, 0) is 36.3 Å². The molecule has 3 saturated heterocycles. The van der Waals surface area contributed by atoms with Crippen LogP contribution in [0.4, 0.5) is 0 Å². The minimum absolute atomic E-state index is 0.146. The maximum absolute atomic E-state index is 11.0. The van der Waals surface area contributed by atoms with E-state index in [1.165, 1.54) is 29.4 Å². The van der Waals surface area contributed by atoms with Gasteiger partial charge in [-0.3, -0.25) is 9.69 Å². The molecule has 0 spiro atoms. The Balaban J connectivity index is 1.75. The molecule has 104 valence electrons. The Morgan fingerprint density at radius 3 is 2.80 bits per heavy atom. The number of nitrogens with one attached hydrogen (secondary N) is 2. The van der Waals surface area contributed by atoms with E-state index in [1.54, 1.807) is 0 Å². The lowest BCUT2D eigenvalue weighted by Gasteiger charge is -2.50. The maximum Gasteiger partial charge on any atom is 0.208 e. The number of piperidine rings is 3. The summed E-state index contributed by atoms with van der Waals surface area (Å²) in [6.45, 7) is 2.21. The van der Waals surface area contributed by atoms with Crippen LogP contribution in [0.3, 0.4) is 0 Å². The third-order valence-corrected chi connectivity index (χ3v) is 4.96. The molecule has 1 aromatic heterocycles. The number of H-pyrrole nitrogens is 1. The number of fused-ring (bicyclic) bond motifs is 4. The fraction of sp³-hybridized carbons (Fsp3) is 0.438. The van der Waals surface area contributed by atoms with Gasteiger partial charge in [0.15, 0.2) is 0 Å². The highest BCUT2D eigenvalue weighted by Gasteiger charge is 2.43. The monoisotopic (exact) mass is 269 g/mol. The van der Waals surface area contributed by atoms with Crippen LogP contribution in [0.5, 0.6) is 0 Å². The van der Waals surface area contributed by atoms with Gasteiger partial charge in [-0.25, -0.2) is 0 Å². The molecule has 2 bridgehead atoms. The molecule has 4 heteroatoms. The second kappa shape index (κ2) is 4.63. The van der Waals surface area contributed by atoms with Gasteiger partial charge in [-0.2, -0.15) is 0 Å². The summed E-state index contributed by atoms with van der Waals surface area (Å²) in [4.78, 5) is 16.9. The summed E-state index contributed by atoms with van der Waals surface area (Å²) in [5, 5.41) is 4.29. The summed E-state index contributed by atoms with van der Waals surface area (Å²) < 4.78 is 0. The molecule has 4 nitrogen and oxygen atoms in total. The molecule has 2 atom stereocenters. The van der Waals surface area contributed by atoms with Crippen LogP contribution < -0.4 is 5.32 Å². The van der Waals surface area contributed by atoms with Crippen LogP contribution in [0.2, 0.25) is 0 Å². The number of aromatic amines is 1. The summed E-state index contributed by atoms with van der Waals surface area (Å²) in [5.41, 5.74) is 2.45. The van der Waals surface area contributed by atoms with E-state index in [4.69, 9.17) is 0 Å². The average molecular weight is 269 g/mol. The van der Waals surface area contributed by atoms with Crippen LogP contribution in [0, 0.1) is 5.92 Å². The average Bonchev–Trinajstić information content (AvgIpc) is 2.92. The van der Waals surface area contributed by atoms with Crippen molar-refractivity contribution in [3.63, 3.8) is 0 Å². The van der Waals surface area contributed by atoms with Crippen molar-refractivity contribution in [2.75, 3.05) is 13.1 Å². The lowest BCUT2D eigenvalue weighted by atomic mass is 9.75. The Hall–Kier alpha value is -1.81. The zero-order valence-electron chi connectivity index (χ0n) is 11.4. The number of benzene rings is 1. The van der Waals surface area contributed by atoms with Crippen LogP contribution in [-0.4, -0.2) is 35.5 Å². The quantitative estimate of drug-likeness (QED) is 0.838. The number of amides is 1. The van der Waals surface area contributed by atoms with Crippen molar-refractivity contribution in [3.8, 4) is 0 Å². The van der Waals surface area contributed by atoms with Crippen molar-refractivity contribution in [2.45, 2.75) is 24.9 Å². The van der Waals surface area contributed by atoms with Crippen molar-refractivity contribution >= 4 is 17.3 Å². The van der Waals surface area contributed by atoms with E-state index in [0.29, 0.717) is 11.8 Å². The van der Waals surface area contributed by atoms with Gasteiger partial charge >= 0.3 is 0 Å². The van der Waals surface area contributed by atoms with Crippen molar-refractivity contribution in [2.24, 2.45) is 5.92 Å². The number of rotatable bonds is 3. The van der Waals surface area contributed by atoms with Gasteiger partial charge in [0.25, 0.3) is 0 Å².